The standard InChI is InChI=1S/C17H20N2O/c1-2-19-16-6-4-3-5-14(16)15-11-13(7-8-17(15)19)12-18-9-10-20/h3-8,11,18,20H,2,9-10,12H2,1H3/p+1. The Morgan fingerprint density at radius 3 is 2.65 bits per heavy atom. The van der Waals surface area contributed by atoms with Crippen LogP contribution in [0.2, 0.25) is 0 Å². The number of benzene rings is 2. The van der Waals surface area contributed by atoms with Gasteiger partial charge in [-0.05, 0) is 25.1 Å². The van der Waals surface area contributed by atoms with Gasteiger partial charge in [0, 0.05) is 33.9 Å². The maximum atomic E-state index is 8.86. The predicted octanol–water partition coefficient (Wildman–Crippen LogP) is 1.87. The van der Waals surface area contributed by atoms with E-state index in [1.165, 1.54) is 27.4 Å². The molecule has 0 amide bonds. The number of nitrogens with zero attached hydrogens (tertiary/aromatic N) is 1. The molecular formula is C17H21N2O+. The van der Waals surface area contributed by atoms with E-state index in [1.54, 1.807) is 0 Å². The zero-order valence-electron chi connectivity index (χ0n) is 11.8. The maximum absolute atomic E-state index is 8.86. The number of aliphatic hydroxyl groups excluding tert-OH is 1. The Kier molecular flexibility index (Phi) is 3.72. The average Bonchev–Trinajstić information content (AvgIpc) is 2.81. The van der Waals surface area contributed by atoms with Gasteiger partial charge < -0.3 is 15.0 Å². The summed E-state index contributed by atoms with van der Waals surface area (Å²) >= 11 is 0. The van der Waals surface area contributed by atoms with Gasteiger partial charge in [-0.25, -0.2) is 0 Å². The number of rotatable bonds is 5. The third-order valence-corrected chi connectivity index (χ3v) is 3.87. The molecule has 1 heterocycles. The number of quaternary nitrogens is 1. The molecule has 0 aliphatic carbocycles. The molecule has 20 heavy (non-hydrogen) atoms. The fraction of sp³-hybridized carbons (Fsp3) is 0.294. The molecule has 0 saturated heterocycles. The molecule has 0 radical (unpaired) electrons. The summed E-state index contributed by atoms with van der Waals surface area (Å²) in [6, 6.07) is 15.3. The van der Waals surface area contributed by atoms with Crippen LogP contribution in [0.15, 0.2) is 42.5 Å². The fourth-order valence-electron chi connectivity index (χ4n) is 2.93. The lowest BCUT2D eigenvalue weighted by Gasteiger charge is -2.04. The first-order valence-corrected chi connectivity index (χ1v) is 7.27. The topological polar surface area (TPSA) is 41.8 Å². The van der Waals surface area contributed by atoms with Crippen molar-refractivity contribution in [1.82, 2.24) is 4.57 Å². The van der Waals surface area contributed by atoms with Crippen LogP contribution in [0.5, 0.6) is 0 Å². The third kappa shape index (κ3) is 2.19. The van der Waals surface area contributed by atoms with E-state index in [0.29, 0.717) is 0 Å². The number of aryl methyl sites for hydroxylation is 1. The highest BCUT2D eigenvalue weighted by molar-refractivity contribution is 6.08. The summed E-state index contributed by atoms with van der Waals surface area (Å²) in [4.78, 5) is 0. The summed E-state index contributed by atoms with van der Waals surface area (Å²) in [6.07, 6.45) is 0. The summed E-state index contributed by atoms with van der Waals surface area (Å²) in [7, 11) is 0. The number of para-hydroxylation sites is 1. The number of aliphatic hydroxyl groups is 1. The zero-order valence-corrected chi connectivity index (χ0v) is 11.8. The van der Waals surface area contributed by atoms with Gasteiger partial charge in [0.15, 0.2) is 0 Å². The summed E-state index contributed by atoms with van der Waals surface area (Å²) in [6.45, 7) is 5.09. The maximum Gasteiger partial charge on any atom is 0.101 e. The van der Waals surface area contributed by atoms with Gasteiger partial charge in [0.05, 0.1) is 13.2 Å². The minimum Gasteiger partial charge on any atom is -0.391 e. The molecule has 1 aromatic heterocycles. The van der Waals surface area contributed by atoms with Crippen LogP contribution in [0.3, 0.4) is 0 Å². The van der Waals surface area contributed by atoms with Gasteiger partial charge in [0.1, 0.15) is 6.54 Å². The SMILES string of the molecule is CCn1c2ccccc2c2cc(C[NH2+]CCO)ccc21. The Bertz CT molecular complexity index is 730. The lowest BCUT2D eigenvalue weighted by atomic mass is 10.1. The van der Waals surface area contributed by atoms with Gasteiger partial charge in [0.25, 0.3) is 0 Å². The smallest absolute Gasteiger partial charge is 0.101 e. The summed E-state index contributed by atoms with van der Waals surface area (Å²) in [5.74, 6) is 0. The molecule has 3 nitrogen and oxygen atoms in total. The first-order chi connectivity index (χ1) is 9.85. The number of nitrogens with two attached hydrogens (primary N) is 1. The van der Waals surface area contributed by atoms with Crippen LogP contribution in [0.1, 0.15) is 12.5 Å². The number of fused-ring (bicyclic) bond motifs is 3. The average molecular weight is 269 g/mol. The molecule has 0 bridgehead atoms. The largest absolute Gasteiger partial charge is 0.391 e. The molecule has 0 unspecified atom stereocenters. The van der Waals surface area contributed by atoms with Crippen molar-refractivity contribution in [3.63, 3.8) is 0 Å². The summed E-state index contributed by atoms with van der Waals surface area (Å²) in [5.41, 5.74) is 3.92. The lowest BCUT2D eigenvalue weighted by molar-refractivity contribution is -0.671. The third-order valence-electron chi connectivity index (χ3n) is 3.87. The highest BCUT2D eigenvalue weighted by Gasteiger charge is 2.09. The molecule has 3 aromatic rings. The molecular weight excluding hydrogens is 248 g/mol. The van der Waals surface area contributed by atoms with E-state index in [1.807, 2.05) is 0 Å². The van der Waals surface area contributed by atoms with E-state index in [-0.39, 0.29) is 6.61 Å². The predicted molar refractivity (Wildman–Crippen MR) is 82.7 cm³/mol. The molecule has 3 rings (SSSR count). The van der Waals surface area contributed by atoms with E-state index < -0.39 is 0 Å². The minimum absolute atomic E-state index is 0.234. The van der Waals surface area contributed by atoms with E-state index in [0.717, 1.165) is 19.6 Å². The van der Waals surface area contributed by atoms with Crippen molar-refractivity contribution in [1.29, 1.82) is 0 Å². The van der Waals surface area contributed by atoms with Crippen molar-refractivity contribution >= 4 is 21.8 Å². The number of aromatic nitrogens is 1. The van der Waals surface area contributed by atoms with Gasteiger partial charge >= 0.3 is 0 Å². The van der Waals surface area contributed by atoms with E-state index in [2.05, 4.69) is 59.3 Å². The zero-order chi connectivity index (χ0) is 13.9. The molecule has 2 aromatic carbocycles. The van der Waals surface area contributed by atoms with Crippen LogP contribution >= 0.6 is 0 Å². The number of hydrogen-bond donors (Lipinski definition) is 2. The Labute approximate surface area is 118 Å². The second kappa shape index (κ2) is 5.65. The van der Waals surface area contributed by atoms with Crippen molar-refractivity contribution in [2.45, 2.75) is 20.0 Å². The van der Waals surface area contributed by atoms with Crippen LogP contribution < -0.4 is 5.32 Å². The highest BCUT2D eigenvalue weighted by Crippen LogP contribution is 2.29. The summed E-state index contributed by atoms with van der Waals surface area (Å²) < 4.78 is 2.37. The van der Waals surface area contributed by atoms with E-state index >= 15 is 0 Å². The van der Waals surface area contributed by atoms with Gasteiger partial charge in [-0.2, -0.15) is 0 Å². The first kappa shape index (κ1) is 13.2. The Morgan fingerprint density at radius 2 is 1.85 bits per heavy atom. The first-order valence-electron chi connectivity index (χ1n) is 7.27. The van der Waals surface area contributed by atoms with E-state index in [9.17, 15) is 0 Å². The van der Waals surface area contributed by atoms with Crippen molar-refractivity contribution in [2.24, 2.45) is 0 Å². The second-order valence-corrected chi connectivity index (χ2v) is 5.12. The fourth-order valence-corrected chi connectivity index (χ4v) is 2.93. The monoisotopic (exact) mass is 269 g/mol. The molecule has 104 valence electrons. The lowest BCUT2D eigenvalue weighted by Crippen LogP contribution is -2.83. The molecule has 0 spiro atoms. The number of hydrogen-bond acceptors (Lipinski definition) is 1. The minimum atomic E-state index is 0.234. The highest BCUT2D eigenvalue weighted by atomic mass is 16.3. The van der Waals surface area contributed by atoms with Gasteiger partial charge in [-0.15, -0.1) is 0 Å². The van der Waals surface area contributed by atoms with Gasteiger partial charge in [0.2, 0.25) is 0 Å². The Hall–Kier alpha value is -1.84. The van der Waals surface area contributed by atoms with Crippen molar-refractivity contribution < 1.29 is 10.4 Å². The van der Waals surface area contributed by atoms with Crippen LogP contribution in [-0.4, -0.2) is 22.8 Å². The van der Waals surface area contributed by atoms with Gasteiger partial charge in [-0.3, -0.25) is 0 Å². The molecule has 0 aliphatic rings. The van der Waals surface area contributed by atoms with Crippen LogP contribution in [-0.2, 0) is 13.1 Å². The molecule has 0 atom stereocenters. The summed E-state index contributed by atoms with van der Waals surface area (Å²) in [5, 5.41) is 13.7. The van der Waals surface area contributed by atoms with E-state index in [4.69, 9.17) is 5.11 Å². The van der Waals surface area contributed by atoms with Crippen molar-refractivity contribution in [3.05, 3.63) is 48.0 Å². The van der Waals surface area contributed by atoms with Crippen LogP contribution in [0, 0.1) is 0 Å². The normalized spacial score (nSPS) is 11.5. The van der Waals surface area contributed by atoms with Gasteiger partial charge in [-0.1, -0.05) is 24.3 Å². The molecule has 0 aliphatic heterocycles. The molecule has 0 fully saturated rings. The van der Waals surface area contributed by atoms with Crippen LogP contribution in [0.25, 0.3) is 21.8 Å². The van der Waals surface area contributed by atoms with Crippen molar-refractivity contribution in [3.8, 4) is 0 Å². The second-order valence-electron chi connectivity index (χ2n) is 5.12. The Morgan fingerprint density at radius 1 is 1.05 bits per heavy atom. The Balaban J connectivity index is 2.11. The van der Waals surface area contributed by atoms with Crippen molar-refractivity contribution in [2.75, 3.05) is 13.2 Å². The molecule has 3 N–H and O–H groups in total. The molecule has 3 heteroatoms. The quantitative estimate of drug-likeness (QED) is 0.682. The molecule has 0 saturated carbocycles. The van der Waals surface area contributed by atoms with Crippen LogP contribution in [0.4, 0.5) is 0 Å².